The summed E-state index contributed by atoms with van der Waals surface area (Å²) in [5.41, 5.74) is 6.98. The number of nitrogens with one attached hydrogen (secondary N) is 2. The Labute approximate surface area is 150 Å². The highest BCUT2D eigenvalue weighted by Gasteiger charge is 2.38. The monoisotopic (exact) mass is 349 g/mol. The van der Waals surface area contributed by atoms with Gasteiger partial charge in [-0.1, -0.05) is 32.9 Å². The molecule has 4 nitrogen and oxygen atoms in total. The number of hydrogen-bond acceptors (Lipinski definition) is 4. The predicted molar refractivity (Wildman–Crippen MR) is 98.5 cm³/mol. The van der Waals surface area contributed by atoms with Crippen molar-refractivity contribution in [3.05, 3.63) is 35.6 Å². The third-order valence-electron chi connectivity index (χ3n) is 5.81. The lowest BCUT2D eigenvalue weighted by molar-refractivity contribution is 0.0205. The molecule has 1 aromatic rings. The predicted octanol–water partition coefficient (Wildman–Crippen LogP) is 2.64. The van der Waals surface area contributed by atoms with E-state index in [9.17, 15) is 9.50 Å². The number of nitrogens with zero attached hydrogens (tertiary/aromatic N) is 1. The van der Waals surface area contributed by atoms with E-state index in [1.165, 1.54) is 12.1 Å². The van der Waals surface area contributed by atoms with Gasteiger partial charge in [0.2, 0.25) is 0 Å². The molecule has 2 saturated heterocycles. The van der Waals surface area contributed by atoms with E-state index in [1.807, 2.05) is 0 Å². The minimum atomic E-state index is -0.835. The van der Waals surface area contributed by atoms with Crippen molar-refractivity contribution in [2.45, 2.75) is 51.7 Å². The van der Waals surface area contributed by atoms with Gasteiger partial charge in [-0.25, -0.2) is 4.39 Å². The molecule has 2 heterocycles. The van der Waals surface area contributed by atoms with Crippen LogP contribution >= 0.6 is 0 Å². The number of hydrazine groups is 1. The standard InChI is InChI=1S/C20H32FN3O/c1-19(2,3)18-15(13-22-23-18)14-24-11-4-9-20(25,10-12-24)16-5-7-17(21)8-6-16/h5-8,15,18,22-23,25H,4,9-14H2,1-3H3. The molecule has 3 unspecified atom stereocenters. The molecular formula is C20H32FN3O. The molecule has 2 aliphatic rings. The van der Waals surface area contributed by atoms with E-state index in [2.05, 4.69) is 36.5 Å². The van der Waals surface area contributed by atoms with Crippen molar-refractivity contribution in [3.8, 4) is 0 Å². The Balaban J connectivity index is 1.63. The zero-order chi connectivity index (χ0) is 18.1. The molecule has 5 heteroatoms. The fraction of sp³-hybridized carbons (Fsp3) is 0.700. The average Bonchev–Trinajstić information content (AvgIpc) is 2.93. The van der Waals surface area contributed by atoms with Crippen LogP contribution < -0.4 is 10.9 Å². The Bertz CT molecular complexity index is 571. The van der Waals surface area contributed by atoms with E-state index in [1.54, 1.807) is 12.1 Å². The summed E-state index contributed by atoms with van der Waals surface area (Å²) in [7, 11) is 0. The molecule has 140 valence electrons. The first kappa shape index (κ1) is 18.8. The first-order chi connectivity index (χ1) is 11.8. The molecule has 0 amide bonds. The maximum atomic E-state index is 13.2. The molecule has 3 N–H and O–H groups in total. The summed E-state index contributed by atoms with van der Waals surface area (Å²) in [5.74, 6) is 0.314. The van der Waals surface area contributed by atoms with Crippen LogP contribution in [-0.4, -0.2) is 42.2 Å². The summed E-state index contributed by atoms with van der Waals surface area (Å²) < 4.78 is 13.2. The maximum absolute atomic E-state index is 13.2. The lowest BCUT2D eigenvalue weighted by atomic mass is 9.80. The lowest BCUT2D eigenvalue weighted by Gasteiger charge is -2.34. The van der Waals surface area contributed by atoms with E-state index in [0.29, 0.717) is 18.4 Å². The first-order valence-electron chi connectivity index (χ1n) is 9.47. The fourth-order valence-electron chi connectivity index (χ4n) is 4.37. The highest BCUT2D eigenvalue weighted by Crippen LogP contribution is 2.34. The molecule has 3 rings (SSSR count). The second kappa shape index (κ2) is 7.31. The van der Waals surface area contributed by atoms with Gasteiger partial charge < -0.3 is 10.0 Å². The van der Waals surface area contributed by atoms with Gasteiger partial charge in [-0.15, -0.1) is 0 Å². The SMILES string of the molecule is CC(C)(C)C1NNCC1CN1CCCC(O)(c2ccc(F)cc2)CC1. The molecule has 1 aromatic carbocycles. The topological polar surface area (TPSA) is 47.5 Å². The Morgan fingerprint density at radius 1 is 1.20 bits per heavy atom. The van der Waals surface area contributed by atoms with Crippen LogP contribution in [0.5, 0.6) is 0 Å². The van der Waals surface area contributed by atoms with E-state index < -0.39 is 5.60 Å². The molecule has 0 spiro atoms. The summed E-state index contributed by atoms with van der Waals surface area (Å²) in [6.07, 6.45) is 2.40. The van der Waals surface area contributed by atoms with E-state index in [4.69, 9.17) is 0 Å². The van der Waals surface area contributed by atoms with Crippen LogP contribution in [-0.2, 0) is 5.60 Å². The van der Waals surface area contributed by atoms with Crippen LogP contribution in [0.15, 0.2) is 24.3 Å². The number of rotatable bonds is 3. The van der Waals surface area contributed by atoms with Crippen LogP contribution in [0.1, 0.15) is 45.6 Å². The summed E-state index contributed by atoms with van der Waals surface area (Å²) >= 11 is 0. The number of halogens is 1. The molecule has 25 heavy (non-hydrogen) atoms. The third kappa shape index (κ3) is 4.40. The van der Waals surface area contributed by atoms with Gasteiger partial charge in [0.05, 0.1) is 5.60 Å². The van der Waals surface area contributed by atoms with Crippen molar-refractivity contribution in [2.24, 2.45) is 11.3 Å². The van der Waals surface area contributed by atoms with Gasteiger partial charge >= 0.3 is 0 Å². The zero-order valence-corrected chi connectivity index (χ0v) is 15.7. The van der Waals surface area contributed by atoms with Gasteiger partial charge in [-0.3, -0.25) is 10.9 Å². The van der Waals surface area contributed by atoms with Crippen LogP contribution in [0.4, 0.5) is 4.39 Å². The molecule has 2 aliphatic heterocycles. The number of likely N-dealkylation sites (tertiary alicyclic amines) is 1. The molecule has 0 aromatic heterocycles. The van der Waals surface area contributed by atoms with Crippen molar-refractivity contribution in [1.29, 1.82) is 0 Å². The van der Waals surface area contributed by atoms with Crippen molar-refractivity contribution < 1.29 is 9.50 Å². The van der Waals surface area contributed by atoms with Gasteiger partial charge in [-0.05, 0) is 48.9 Å². The minimum Gasteiger partial charge on any atom is -0.385 e. The largest absolute Gasteiger partial charge is 0.385 e. The Kier molecular flexibility index (Phi) is 5.49. The summed E-state index contributed by atoms with van der Waals surface area (Å²) in [5, 5.41) is 11.1. The first-order valence-corrected chi connectivity index (χ1v) is 9.47. The van der Waals surface area contributed by atoms with Crippen molar-refractivity contribution >= 4 is 0 Å². The highest BCUT2D eigenvalue weighted by molar-refractivity contribution is 5.23. The molecule has 0 aliphatic carbocycles. The van der Waals surface area contributed by atoms with Crippen LogP contribution in [0.2, 0.25) is 0 Å². The molecule has 3 atom stereocenters. The van der Waals surface area contributed by atoms with Gasteiger partial charge in [0, 0.05) is 31.6 Å². The van der Waals surface area contributed by atoms with Crippen molar-refractivity contribution in [2.75, 3.05) is 26.2 Å². The lowest BCUT2D eigenvalue weighted by Crippen LogP contribution is -2.45. The van der Waals surface area contributed by atoms with Gasteiger partial charge in [0.1, 0.15) is 5.82 Å². The molecule has 0 bridgehead atoms. The molecule has 2 fully saturated rings. The number of benzene rings is 1. The number of hydrogen-bond donors (Lipinski definition) is 3. The van der Waals surface area contributed by atoms with Crippen LogP contribution in [0, 0.1) is 17.2 Å². The quantitative estimate of drug-likeness (QED) is 0.785. The van der Waals surface area contributed by atoms with Gasteiger partial charge in [0.25, 0.3) is 0 Å². The maximum Gasteiger partial charge on any atom is 0.123 e. The Morgan fingerprint density at radius 2 is 1.92 bits per heavy atom. The van der Waals surface area contributed by atoms with E-state index >= 15 is 0 Å². The number of aliphatic hydroxyl groups is 1. The second-order valence-electron chi connectivity index (χ2n) is 8.82. The molecular weight excluding hydrogens is 317 g/mol. The third-order valence-corrected chi connectivity index (χ3v) is 5.81. The van der Waals surface area contributed by atoms with Crippen molar-refractivity contribution in [1.82, 2.24) is 15.8 Å². The summed E-state index contributed by atoms with van der Waals surface area (Å²) in [4.78, 5) is 2.49. The van der Waals surface area contributed by atoms with E-state index in [0.717, 1.165) is 44.6 Å². The average molecular weight is 349 g/mol. The smallest absolute Gasteiger partial charge is 0.123 e. The fourth-order valence-corrected chi connectivity index (χ4v) is 4.37. The summed E-state index contributed by atoms with van der Waals surface area (Å²) in [6.45, 7) is 10.8. The van der Waals surface area contributed by atoms with E-state index in [-0.39, 0.29) is 11.2 Å². The minimum absolute atomic E-state index is 0.217. The van der Waals surface area contributed by atoms with Crippen LogP contribution in [0.25, 0.3) is 0 Å². The van der Waals surface area contributed by atoms with Gasteiger partial charge in [-0.2, -0.15) is 0 Å². The normalized spacial score (nSPS) is 31.9. The van der Waals surface area contributed by atoms with Crippen molar-refractivity contribution in [3.63, 3.8) is 0 Å². The Morgan fingerprint density at radius 3 is 2.60 bits per heavy atom. The molecule has 0 saturated carbocycles. The zero-order valence-electron chi connectivity index (χ0n) is 15.7. The second-order valence-corrected chi connectivity index (χ2v) is 8.82. The Hall–Kier alpha value is -1.01. The molecule has 0 radical (unpaired) electrons. The summed E-state index contributed by atoms with van der Waals surface area (Å²) in [6, 6.07) is 6.79. The van der Waals surface area contributed by atoms with Gasteiger partial charge in [0.15, 0.2) is 0 Å². The highest BCUT2D eigenvalue weighted by atomic mass is 19.1. The van der Waals surface area contributed by atoms with Crippen LogP contribution in [0.3, 0.4) is 0 Å².